The smallest absolute Gasteiger partial charge is 0.119 e. The van der Waals surface area contributed by atoms with Crippen molar-refractivity contribution in [2.75, 3.05) is 39.8 Å². The molecule has 0 aliphatic carbocycles. The molecule has 2 rings (SSSR count). The highest BCUT2D eigenvalue weighted by molar-refractivity contribution is 5.29. The number of hydrogen-bond acceptors (Lipinski definition) is 4. The Bertz CT molecular complexity index is 404. The van der Waals surface area contributed by atoms with Gasteiger partial charge in [-0.15, -0.1) is 0 Å². The van der Waals surface area contributed by atoms with Gasteiger partial charge in [0.1, 0.15) is 5.75 Å². The summed E-state index contributed by atoms with van der Waals surface area (Å²) in [5.41, 5.74) is 7.37. The lowest BCUT2D eigenvalue weighted by Crippen LogP contribution is -2.59. The van der Waals surface area contributed by atoms with E-state index < -0.39 is 0 Å². The zero-order chi connectivity index (χ0) is 13.7. The summed E-state index contributed by atoms with van der Waals surface area (Å²) in [6.45, 7) is 7.17. The third kappa shape index (κ3) is 3.47. The van der Waals surface area contributed by atoms with E-state index in [1.807, 2.05) is 12.1 Å². The quantitative estimate of drug-likeness (QED) is 0.827. The van der Waals surface area contributed by atoms with Crippen LogP contribution in [0.25, 0.3) is 0 Å². The largest absolute Gasteiger partial charge is 0.497 e. The van der Waals surface area contributed by atoms with E-state index in [1.165, 1.54) is 5.56 Å². The molecular weight excluding hydrogens is 238 g/mol. The van der Waals surface area contributed by atoms with Gasteiger partial charge in [-0.3, -0.25) is 4.90 Å². The van der Waals surface area contributed by atoms with Gasteiger partial charge < -0.3 is 15.8 Å². The second-order valence-corrected chi connectivity index (χ2v) is 5.47. The second kappa shape index (κ2) is 6.37. The molecule has 1 aromatic carbocycles. The fourth-order valence-electron chi connectivity index (χ4n) is 2.74. The molecular formula is C15H25N3O. The van der Waals surface area contributed by atoms with Gasteiger partial charge in [-0.2, -0.15) is 0 Å². The maximum Gasteiger partial charge on any atom is 0.119 e. The van der Waals surface area contributed by atoms with Crippen molar-refractivity contribution >= 4 is 0 Å². The Kier molecular flexibility index (Phi) is 4.80. The van der Waals surface area contributed by atoms with Crippen LogP contribution in [-0.2, 0) is 6.42 Å². The van der Waals surface area contributed by atoms with E-state index in [0.717, 1.165) is 38.3 Å². The van der Waals surface area contributed by atoms with Crippen molar-refractivity contribution in [3.8, 4) is 5.75 Å². The molecule has 0 radical (unpaired) electrons. The Morgan fingerprint density at radius 2 is 2.11 bits per heavy atom. The van der Waals surface area contributed by atoms with E-state index in [4.69, 9.17) is 10.5 Å². The average Bonchev–Trinajstić information content (AvgIpc) is 2.48. The van der Waals surface area contributed by atoms with Gasteiger partial charge in [-0.25, -0.2) is 0 Å². The van der Waals surface area contributed by atoms with Crippen LogP contribution in [0.15, 0.2) is 24.3 Å². The van der Waals surface area contributed by atoms with Crippen LogP contribution < -0.4 is 15.8 Å². The maximum atomic E-state index is 6.06. The molecule has 1 aromatic rings. The van der Waals surface area contributed by atoms with Crippen molar-refractivity contribution in [2.24, 2.45) is 5.73 Å². The number of methoxy groups -OCH3 is 1. The predicted molar refractivity (Wildman–Crippen MR) is 78.6 cm³/mol. The van der Waals surface area contributed by atoms with Crippen molar-refractivity contribution in [1.29, 1.82) is 0 Å². The number of benzene rings is 1. The van der Waals surface area contributed by atoms with Crippen LogP contribution in [0.1, 0.15) is 12.5 Å². The van der Waals surface area contributed by atoms with Crippen molar-refractivity contribution in [1.82, 2.24) is 10.2 Å². The second-order valence-electron chi connectivity index (χ2n) is 5.47. The van der Waals surface area contributed by atoms with Gasteiger partial charge in [0.05, 0.1) is 7.11 Å². The van der Waals surface area contributed by atoms with E-state index >= 15 is 0 Å². The highest BCUT2D eigenvalue weighted by Crippen LogP contribution is 2.23. The zero-order valence-electron chi connectivity index (χ0n) is 12.0. The Labute approximate surface area is 115 Å². The molecule has 106 valence electrons. The number of nitrogens with one attached hydrogen (secondary N) is 1. The summed E-state index contributed by atoms with van der Waals surface area (Å²) in [5.74, 6) is 0.914. The molecule has 0 saturated carbocycles. The van der Waals surface area contributed by atoms with Gasteiger partial charge >= 0.3 is 0 Å². The first kappa shape index (κ1) is 14.3. The number of piperazine rings is 1. The van der Waals surface area contributed by atoms with E-state index in [2.05, 4.69) is 29.3 Å². The molecule has 0 bridgehead atoms. The lowest BCUT2D eigenvalue weighted by atomic mass is 9.90. The molecule has 1 unspecified atom stereocenters. The van der Waals surface area contributed by atoms with E-state index in [-0.39, 0.29) is 5.54 Å². The van der Waals surface area contributed by atoms with Crippen LogP contribution in [0.2, 0.25) is 0 Å². The minimum Gasteiger partial charge on any atom is -0.497 e. The molecule has 0 aromatic heterocycles. The minimum atomic E-state index is 0.0223. The highest BCUT2D eigenvalue weighted by atomic mass is 16.5. The summed E-state index contributed by atoms with van der Waals surface area (Å²) in [6, 6.07) is 8.28. The number of nitrogens with two attached hydrogens (primary N) is 1. The number of nitrogens with zero attached hydrogens (tertiary/aromatic N) is 1. The summed E-state index contributed by atoms with van der Waals surface area (Å²) < 4.78 is 5.29. The number of ether oxygens (including phenoxy) is 1. The first-order chi connectivity index (χ1) is 9.18. The molecule has 1 fully saturated rings. The number of hydrogen-bond donors (Lipinski definition) is 2. The van der Waals surface area contributed by atoms with E-state index in [1.54, 1.807) is 7.11 Å². The molecule has 0 spiro atoms. The number of rotatable bonds is 5. The van der Waals surface area contributed by atoms with Gasteiger partial charge in [0, 0.05) is 38.3 Å². The third-order valence-electron chi connectivity index (χ3n) is 4.04. The fraction of sp³-hybridized carbons (Fsp3) is 0.600. The van der Waals surface area contributed by atoms with Gasteiger partial charge in [-0.05, 0) is 31.0 Å². The van der Waals surface area contributed by atoms with Crippen LogP contribution in [0.4, 0.5) is 0 Å². The lowest BCUT2D eigenvalue weighted by Gasteiger charge is -2.43. The molecule has 1 heterocycles. The molecule has 1 aliphatic rings. The average molecular weight is 263 g/mol. The highest BCUT2D eigenvalue weighted by Gasteiger charge is 2.31. The summed E-state index contributed by atoms with van der Waals surface area (Å²) >= 11 is 0. The van der Waals surface area contributed by atoms with Crippen molar-refractivity contribution in [3.05, 3.63) is 29.8 Å². The summed E-state index contributed by atoms with van der Waals surface area (Å²) in [5, 5.41) is 3.39. The van der Waals surface area contributed by atoms with E-state index in [9.17, 15) is 0 Å². The summed E-state index contributed by atoms with van der Waals surface area (Å²) in [6.07, 6.45) is 0.959. The van der Waals surface area contributed by atoms with Gasteiger partial charge in [0.25, 0.3) is 0 Å². The molecule has 1 atom stereocenters. The maximum absolute atomic E-state index is 6.06. The standard InChI is InChI=1S/C15H25N3O/c1-15(12-16,18-8-6-17-7-9-18)11-13-4-3-5-14(10-13)19-2/h3-5,10,17H,6-9,11-12,16H2,1-2H3. The fourth-order valence-corrected chi connectivity index (χ4v) is 2.74. The van der Waals surface area contributed by atoms with Gasteiger partial charge in [0.2, 0.25) is 0 Å². The van der Waals surface area contributed by atoms with Crippen molar-refractivity contribution < 1.29 is 4.74 Å². The summed E-state index contributed by atoms with van der Waals surface area (Å²) in [7, 11) is 1.71. The molecule has 3 N–H and O–H groups in total. The van der Waals surface area contributed by atoms with Crippen LogP contribution in [-0.4, -0.2) is 50.3 Å². The topological polar surface area (TPSA) is 50.5 Å². The Morgan fingerprint density at radius 3 is 2.74 bits per heavy atom. The third-order valence-corrected chi connectivity index (χ3v) is 4.04. The Morgan fingerprint density at radius 1 is 1.37 bits per heavy atom. The molecule has 1 saturated heterocycles. The molecule has 19 heavy (non-hydrogen) atoms. The normalized spacial score (nSPS) is 19.9. The molecule has 4 nitrogen and oxygen atoms in total. The summed E-state index contributed by atoms with van der Waals surface area (Å²) in [4.78, 5) is 2.50. The molecule has 0 amide bonds. The molecule has 1 aliphatic heterocycles. The van der Waals surface area contributed by atoms with Crippen LogP contribution >= 0.6 is 0 Å². The van der Waals surface area contributed by atoms with Crippen molar-refractivity contribution in [2.45, 2.75) is 18.9 Å². The van der Waals surface area contributed by atoms with Crippen LogP contribution in [0.5, 0.6) is 5.75 Å². The van der Waals surface area contributed by atoms with Gasteiger partial charge in [-0.1, -0.05) is 12.1 Å². The zero-order valence-corrected chi connectivity index (χ0v) is 12.0. The van der Waals surface area contributed by atoms with Gasteiger partial charge in [0.15, 0.2) is 0 Å². The minimum absolute atomic E-state index is 0.0223. The van der Waals surface area contributed by atoms with Crippen LogP contribution in [0, 0.1) is 0 Å². The Hall–Kier alpha value is -1.10. The lowest BCUT2D eigenvalue weighted by molar-refractivity contribution is 0.0946. The van der Waals surface area contributed by atoms with Crippen LogP contribution in [0.3, 0.4) is 0 Å². The Balaban J connectivity index is 2.11. The SMILES string of the molecule is COc1cccc(CC(C)(CN)N2CCNCC2)c1. The predicted octanol–water partition coefficient (Wildman–Crippen LogP) is 0.860. The first-order valence-corrected chi connectivity index (χ1v) is 6.97. The molecule has 4 heteroatoms. The monoisotopic (exact) mass is 263 g/mol. The van der Waals surface area contributed by atoms with E-state index in [0.29, 0.717) is 6.54 Å². The van der Waals surface area contributed by atoms with Crippen molar-refractivity contribution in [3.63, 3.8) is 0 Å². The first-order valence-electron chi connectivity index (χ1n) is 6.97.